The molecule has 0 saturated carbocycles. The van der Waals surface area contributed by atoms with Gasteiger partial charge in [-0.2, -0.15) is 0 Å². The molecule has 0 radical (unpaired) electrons. The zero-order chi connectivity index (χ0) is 17.5. The largest absolute Gasteiger partial charge is 0.340 e. The summed E-state index contributed by atoms with van der Waals surface area (Å²) in [6, 6.07) is -0.659. The standard InChI is InChI=1S/C17H29N3O3S/c1-3-4-9-19(2)11-8-15(22)18-14-7-5-6-10-20(14)16-13(21)12-24-17(16)23/h14,16H,3-12H2,1-2H3,(H,18,22). The number of carbonyl (C=O) groups excluding carboxylic acids is 3. The lowest BCUT2D eigenvalue weighted by atomic mass is 10.0. The van der Waals surface area contributed by atoms with Crippen LogP contribution in [0.3, 0.4) is 0 Å². The molecule has 24 heavy (non-hydrogen) atoms. The van der Waals surface area contributed by atoms with Crippen LogP contribution in [-0.2, 0) is 14.4 Å². The molecule has 0 aliphatic carbocycles. The number of ketones is 1. The van der Waals surface area contributed by atoms with E-state index in [9.17, 15) is 14.4 Å². The summed E-state index contributed by atoms with van der Waals surface area (Å²) < 4.78 is 0. The Morgan fingerprint density at radius 1 is 1.33 bits per heavy atom. The van der Waals surface area contributed by atoms with Crippen LogP contribution in [0.1, 0.15) is 45.4 Å². The van der Waals surface area contributed by atoms with Crippen molar-refractivity contribution in [1.29, 1.82) is 0 Å². The Hall–Kier alpha value is -0.920. The minimum Gasteiger partial charge on any atom is -0.340 e. The van der Waals surface area contributed by atoms with Gasteiger partial charge in [-0.3, -0.25) is 19.3 Å². The molecule has 2 unspecified atom stereocenters. The van der Waals surface area contributed by atoms with Crippen LogP contribution in [0.5, 0.6) is 0 Å². The van der Waals surface area contributed by atoms with Crippen LogP contribution in [0.15, 0.2) is 0 Å². The average molecular weight is 356 g/mol. The fourth-order valence-electron chi connectivity index (χ4n) is 3.26. The third-order valence-corrected chi connectivity index (χ3v) is 5.64. The predicted molar refractivity (Wildman–Crippen MR) is 95.8 cm³/mol. The number of Topliss-reactive ketones (excluding diaryl/α,β-unsaturated/α-hetero) is 1. The molecule has 6 nitrogen and oxygen atoms in total. The van der Waals surface area contributed by atoms with Gasteiger partial charge in [0, 0.05) is 19.5 Å². The SMILES string of the molecule is CCCCN(C)CCC(=O)NC1CCCCN1C1C(=O)CSC1=O. The van der Waals surface area contributed by atoms with Crippen LogP contribution >= 0.6 is 11.8 Å². The Morgan fingerprint density at radius 2 is 2.12 bits per heavy atom. The highest BCUT2D eigenvalue weighted by atomic mass is 32.2. The van der Waals surface area contributed by atoms with E-state index >= 15 is 0 Å². The molecule has 136 valence electrons. The summed E-state index contributed by atoms with van der Waals surface area (Å²) in [6.45, 7) is 4.59. The highest BCUT2D eigenvalue weighted by molar-refractivity contribution is 8.15. The number of rotatable bonds is 8. The summed E-state index contributed by atoms with van der Waals surface area (Å²) in [6.07, 6.45) is 5.33. The van der Waals surface area contributed by atoms with Crippen molar-refractivity contribution in [3.05, 3.63) is 0 Å². The molecule has 0 bridgehead atoms. The molecule has 0 spiro atoms. The van der Waals surface area contributed by atoms with Crippen LogP contribution in [0.25, 0.3) is 0 Å². The normalized spacial score (nSPS) is 25.5. The first kappa shape index (κ1) is 19.4. The lowest BCUT2D eigenvalue weighted by molar-refractivity contribution is -0.133. The van der Waals surface area contributed by atoms with E-state index in [2.05, 4.69) is 17.1 Å². The van der Waals surface area contributed by atoms with Gasteiger partial charge in [0.25, 0.3) is 0 Å². The molecule has 2 fully saturated rings. The van der Waals surface area contributed by atoms with Crippen LogP contribution in [-0.4, -0.2) is 71.2 Å². The van der Waals surface area contributed by atoms with Crippen molar-refractivity contribution in [2.75, 3.05) is 32.4 Å². The minimum atomic E-state index is -0.659. The number of nitrogens with one attached hydrogen (secondary N) is 1. The fraction of sp³-hybridized carbons (Fsp3) is 0.824. The summed E-state index contributed by atoms with van der Waals surface area (Å²) in [7, 11) is 2.03. The molecule has 2 heterocycles. The first-order valence-corrected chi connectivity index (χ1v) is 9.94. The van der Waals surface area contributed by atoms with Gasteiger partial charge in [-0.15, -0.1) is 0 Å². The molecule has 1 amide bonds. The second-order valence-electron chi connectivity index (χ2n) is 6.70. The Kier molecular flexibility index (Phi) is 7.71. The smallest absolute Gasteiger partial charge is 0.222 e. The summed E-state index contributed by atoms with van der Waals surface area (Å²) in [5.74, 6) is 0.245. The summed E-state index contributed by atoms with van der Waals surface area (Å²) in [4.78, 5) is 40.4. The summed E-state index contributed by atoms with van der Waals surface area (Å²) in [5.41, 5.74) is 0. The van der Waals surface area contributed by atoms with Gasteiger partial charge >= 0.3 is 0 Å². The second kappa shape index (κ2) is 9.53. The third kappa shape index (κ3) is 5.29. The van der Waals surface area contributed by atoms with Crippen LogP contribution in [0.2, 0.25) is 0 Å². The maximum atomic E-state index is 12.3. The van der Waals surface area contributed by atoms with Gasteiger partial charge in [-0.1, -0.05) is 25.1 Å². The molecule has 7 heteroatoms. The molecule has 2 rings (SSSR count). The van der Waals surface area contributed by atoms with Gasteiger partial charge in [0.1, 0.15) is 6.04 Å². The van der Waals surface area contributed by atoms with Crippen LogP contribution < -0.4 is 5.32 Å². The monoisotopic (exact) mass is 355 g/mol. The van der Waals surface area contributed by atoms with Crippen molar-refractivity contribution < 1.29 is 14.4 Å². The molecule has 0 aromatic rings. The number of hydrogen-bond acceptors (Lipinski definition) is 6. The van der Waals surface area contributed by atoms with E-state index in [1.54, 1.807) is 0 Å². The molecule has 2 aliphatic heterocycles. The molecule has 1 N–H and O–H groups in total. The van der Waals surface area contributed by atoms with Gasteiger partial charge < -0.3 is 10.2 Å². The van der Waals surface area contributed by atoms with Gasteiger partial charge in [0.2, 0.25) is 11.0 Å². The number of piperidine rings is 1. The predicted octanol–water partition coefficient (Wildman–Crippen LogP) is 1.25. The number of amides is 1. The lowest BCUT2D eigenvalue weighted by Gasteiger charge is -2.38. The van der Waals surface area contributed by atoms with Gasteiger partial charge in [0.05, 0.1) is 11.9 Å². The zero-order valence-corrected chi connectivity index (χ0v) is 15.6. The summed E-state index contributed by atoms with van der Waals surface area (Å²) in [5, 5.41) is 2.98. The number of unbranched alkanes of at least 4 members (excludes halogenated alkanes) is 1. The molecule has 2 atom stereocenters. The molecule has 0 aromatic heterocycles. The van der Waals surface area contributed by atoms with Crippen molar-refractivity contribution >= 4 is 28.6 Å². The molecule has 0 aromatic carbocycles. The van der Waals surface area contributed by atoms with Gasteiger partial charge in [-0.25, -0.2) is 0 Å². The Labute approximate surface area is 148 Å². The maximum Gasteiger partial charge on any atom is 0.222 e. The number of thioether (sulfide) groups is 1. The van der Waals surface area contributed by atoms with Gasteiger partial charge in [0.15, 0.2) is 5.78 Å². The maximum absolute atomic E-state index is 12.3. The van der Waals surface area contributed by atoms with E-state index in [0.29, 0.717) is 13.0 Å². The van der Waals surface area contributed by atoms with Crippen molar-refractivity contribution in [2.24, 2.45) is 0 Å². The Morgan fingerprint density at radius 3 is 2.79 bits per heavy atom. The van der Waals surface area contributed by atoms with E-state index < -0.39 is 6.04 Å². The first-order chi connectivity index (χ1) is 11.5. The molecule has 2 saturated heterocycles. The quantitative estimate of drug-likeness (QED) is 0.661. The molecule has 2 aliphatic rings. The van der Waals surface area contributed by atoms with E-state index in [1.807, 2.05) is 11.9 Å². The average Bonchev–Trinajstić information content (AvgIpc) is 2.90. The van der Waals surface area contributed by atoms with Crippen molar-refractivity contribution in [3.63, 3.8) is 0 Å². The Balaban J connectivity index is 1.85. The van der Waals surface area contributed by atoms with Crippen molar-refractivity contribution in [1.82, 2.24) is 15.1 Å². The van der Waals surface area contributed by atoms with Gasteiger partial charge in [-0.05, 0) is 39.3 Å². The van der Waals surface area contributed by atoms with E-state index in [4.69, 9.17) is 0 Å². The van der Waals surface area contributed by atoms with Crippen molar-refractivity contribution in [2.45, 2.75) is 57.7 Å². The topological polar surface area (TPSA) is 69.7 Å². The fourth-order valence-corrected chi connectivity index (χ4v) is 4.13. The molecular formula is C17H29N3O3S. The highest BCUT2D eigenvalue weighted by Crippen LogP contribution is 2.27. The number of carbonyl (C=O) groups is 3. The number of likely N-dealkylation sites (tertiary alicyclic amines) is 1. The van der Waals surface area contributed by atoms with Crippen LogP contribution in [0, 0.1) is 0 Å². The zero-order valence-electron chi connectivity index (χ0n) is 14.8. The number of hydrogen-bond donors (Lipinski definition) is 1. The molecular weight excluding hydrogens is 326 g/mol. The van der Waals surface area contributed by atoms with Crippen LogP contribution in [0.4, 0.5) is 0 Å². The first-order valence-electron chi connectivity index (χ1n) is 8.96. The van der Waals surface area contributed by atoms with E-state index in [0.717, 1.165) is 57.0 Å². The van der Waals surface area contributed by atoms with E-state index in [1.165, 1.54) is 0 Å². The van der Waals surface area contributed by atoms with E-state index in [-0.39, 0.29) is 28.7 Å². The second-order valence-corrected chi connectivity index (χ2v) is 7.68. The highest BCUT2D eigenvalue weighted by Gasteiger charge is 2.42. The Bertz CT molecular complexity index is 456. The summed E-state index contributed by atoms with van der Waals surface area (Å²) >= 11 is 1.10. The minimum absolute atomic E-state index is 0.000737. The van der Waals surface area contributed by atoms with Crippen molar-refractivity contribution in [3.8, 4) is 0 Å². The number of nitrogens with zero attached hydrogens (tertiary/aromatic N) is 2. The lowest BCUT2D eigenvalue weighted by Crippen LogP contribution is -2.57. The third-order valence-electron chi connectivity index (χ3n) is 4.70.